The Morgan fingerprint density at radius 1 is 0.871 bits per heavy atom. The van der Waals surface area contributed by atoms with E-state index in [1.807, 2.05) is 24.3 Å². The Hall–Kier alpha value is -3.19. The molecule has 1 aliphatic heterocycles. The number of nitrogens with one attached hydrogen (secondary N) is 2. The predicted molar refractivity (Wildman–Crippen MR) is 122 cm³/mol. The first-order valence-corrected chi connectivity index (χ1v) is 10.7. The van der Waals surface area contributed by atoms with Crippen LogP contribution in [-0.2, 0) is 0 Å². The lowest BCUT2D eigenvalue weighted by Crippen LogP contribution is -2.25. The minimum Gasteiger partial charge on any atom is -0.355 e. The number of carbonyl (C=O) groups excluding carboxylic acids is 1. The van der Waals surface area contributed by atoms with Gasteiger partial charge in [-0.25, -0.2) is 9.18 Å². The fourth-order valence-electron chi connectivity index (χ4n) is 3.54. The van der Waals surface area contributed by atoms with Crippen molar-refractivity contribution in [2.24, 2.45) is 0 Å². The number of hydrogen-bond acceptors (Lipinski definition) is 4. The van der Waals surface area contributed by atoms with Gasteiger partial charge in [-0.15, -0.1) is 10.2 Å². The molecule has 0 radical (unpaired) electrons. The van der Waals surface area contributed by atoms with Crippen molar-refractivity contribution in [2.75, 3.05) is 28.6 Å². The van der Waals surface area contributed by atoms with Crippen LogP contribution in [-0.4, -0.2) is 29.3 Å². The third kappa shape index (κ3) is 5.49. The van der Waals surface area contributed by atoms with Gasteiger partial charge >= 0.3 is 6.03 Å². The second-order valence-electron chi connectivity index (χ2n) is 7.46. The van der Waals surface area contributed by atoms with Crippen molar-refractivity contribution in [3.8, 4) is 11.3 Å². The molecule has 2 aromatic carbocycles. The molecule has 1 fully saturated rings. The van der Waals surface area contributed by atoms with E-state index in [-0.39, 0.29) is 5.02 Å². The molecule has 6 nitrogen and oxygen atoms in total. The van der Waals surface area contributed by atoms with Gasteiger partial charge in [-0.1, -0.05) is 36.6 Å². The third-order valence-electron chi connectivity index (χ3n) is 5.20. The fraction of sp³-hybridized carbons (Fsp3) is 0.261. The van der Waals surface area contributed by atoms with Gasteiger partial charge in [0.2, 0.25) is 0 Å². The summed E-state index contributed by atoms with van der Waals surface area (Å²) in [4.78, 5) is 14.5. The number of hydrogen-bond donors (Lipinski definition) is 2. The SMILES string of the molecule is O=C(Nc1ccc(-c2ccc(N3CCCCCC3)nn2)cc1)Nc1ccc(F)c(Cl)c1. The number of amides is 2. The van der Waals surface area contributed by atoms with Gasteiger partial charge in [0.05, 0.1) is 10.7 Å². The van der Waals surface area contributed by atoms with Gasteiger partial charge in [0.1, 0.15) is 5.82 Å². The zero-order valence-electron chi connectivity index (χ0n) is 16.9. The predicted octanol–water partition coefficient (Wildman–Crippen LogP) is 5.96. The molecule has 2 N–H and O–H groups in total. The van der Waals surface area contributed by atoms with Gasteiger partial charge in [0, 0.05) is 30.0 Å². The molecule has 8 heteroatoms. The number of rotatable bonds is 4. The van der Waals surface area contributed by atoms with Crippen LogP contribution in [0.2, 0.25) is 5.02 Å². The summed E-state index contributed by atoms with van der Waals surface area (Å²) in [5.41, 5.74) is 2.70. The highest BCUT2D eigenvalue weighted by Gasteiger charge is 2.12. The molecule has 0 saturated carbocycles. The van der Waals surface area contributed by atoms with Crippen molar-refractivity contribution in [3.63, 3.8) is 0 Å². The summed E-state index contributed by atoms with van der Waals surface area (Å²) in [6, 6.07) is 14.9. The van der Waals surface area contributed by atoms with E-state index in [9.17, 15) is 9.18 Å². The molecule has 1 saturated heterocycles. The summed E-state index contributed by atoms with van der Waals surface area (Å²) in [5, 5.41) is 14.1. The number of anilines is 3. The van der Waals surface area contributed by atoms with Gasteiger partial charge in [0.15, 0.2) is 5.82 Å². The number of carbonyl (C=O) groups is 1. The van der Waals surface area contributed by atoms with Crippen molar-refractivity contribution in [3.05, 3.63) is 65.4 Å². The molecular weight excluding hydrogens is 417 g/mol. The van der Waals surface area contributed by atoms with Gasteiger partial charge < -0.3 is 15.5 Å². The molecule has 0 bridgehead atoms. The highest BCUT2D eigenvalue weighted by Crippen LogP contribution is 2.23. The van der Waals surface area contributed by atoms with Crippen LogP contribution in [0, 0.1) is 5.82 Å². The number of urea groups is 1. The molecule has 160 valence electrons. The van der Waals surface area contributed by atoms with E-state index < -0.39 is 11.8 Å². The summed E-state index contributed by atoms with van der Waals surface area (Å²) < 4.78 is 13.2. The maximum atomic E-state index is 13.2. The molecule has 2 amide bonds. The summed E-state index contributed by atoms with van der Waals surface area (Å²) in [7, 11) is 0. The van der Waals surface area contributed by atoms with E-state index in [4.69, 9.17) is 11.6 Å². The van der Waals surface area contributed by atoms with Crippen LogP contribution < -0.4 is 15.5 Å². The molecule has 0 unspecified atom stereocenters. The van der Waals surface area contributed by atoms with E-state index in [2.05, 4.69) is 25.7 Å². The van der Waals surface area contributed by atoms with Crippen molar-refractivity contribution in [1.82, 2.24) is 10.2 Å². The largest absolute Gasteiger partial charge is 0.355 e. The molecule has 0 atom stereocenters. The highest BCUT2D eigenvalue weighted by molar-refractivity contribution is 6.31. The maximum absolute atomic E-state index is 13.2. The Labute approximate surface area is 185 Å². The number of benzene rings is 2. The van der Waals surface area contributed by atoms with Crippen LogP contribution in [0.25, 0.3) is 11.3 Å². The van der Waals surface area contributed by atoms with Crippen LogP contribution >= 0.6 is 11.6 Å². The summed E-state index contributed by atoms with van der Waals surface area (Å²) in [5.74, 6) is 0.382. The van der Waals surface area contributed by atoms with Gasteiger partial charge in [-0.2, -0.15) is 0 Å². The van der Waals surface area contributed by atoms with Crippen molar-refractivity contribution in [1.29, 1.82) is 0 Å². The standard InChI is InChI=1S/C23H23ClFN5O/c24-19-15-18(9-10-20(19)25)27-23(31)26-17-7-5-16(6-8-17)21-11-12-22(29-28-21)30-13-3-1-2-4-14-30/h5-12,15H,1-4,13-14H2,(H2,26,27,31). The Balaban J connectivity index is 1.37. The molecule has 0 aliphatic carbocycles. The smallest absolute Gasteiger partial charge is 0.323 e. The molecule has 0 spiro atoms. The van der Waals surface area contributed by atoms with E-state index in [0.29, 0.717) is 11.4 Å². The lowest BCUT2D eigenvalue weighted by Gasteiger charge is -2.20. The monoisotopic (exact) mass is 439 g/mol. The Morgan fingerprint density at radius 2 is 1.55 bits per heavy atom. The molecule has 1 aliphatic rings. The summed E-state index contributed by atoms with van der Waals surface area (Å²) >= 11 is 5.73. The maximum Gasteiger partial charge on any atom is 0.323 e. The van der Waals surface area contributed by atoms with Gasteiger partial charge in [-0.05, 0) is 55.3 Å². The Kier molecular flexibility index (Phi) is 6.62. The normalized spacial score (nSPS) is 14.1. The minimum atomic E-state index is -0.536. The Morgan fingerprint density at radius 3 is 2.19 bits per heavy atom. The average molecular weight is 440 g/mol. The zero-order chi connectivity index (χ0) is 21.6. The zero-order valence-corrected chi connectivity index (χ0v) is 17.7. The fourth-order valence-corrected chi connectivity index (χ4v) is 3.72. The highest BCUT2D eigenvalue weighted by atomic mass is 35.5. The van der Waals surface area contributed by atoms with E-state index in [0.717, 1.165) is 30.2 Å². The Bertz CT molecular complexity index is 1030. The van der Waals surface area contributed by atoms with Crippen LogP contribution in [0.5, 0.6) is 0 Å². The van der Waals surface area contributed by atoms with Crippen LogP contribution in [0.1, 0.15) is 25.7 Å². The molecule has 31 heavy (non-hydrogen) atoms. The van der Waals surface area contributed by atoms with Crippen molar-refractivity contribution in [2.45, 2.75) is 25.7 Å². The topological polar surface area (TPSA) is 70.2 Å². The van der Waals surface area contributed by atoms with Crippen LogP contribution in [0.15, 0.2) is 54.6 Å². The molecule has 4 rings (SSSR count). The van der Waals surface area contributed by atoms with Crippen molar-refractivity contribution < 1.29 is 9.18 Å². The first-order valence-electron chi connectivity index (χ1n) is 10.3. The number of halogens is 2. The van der Waals surface area contributed by atoms with Gasteiger partial charge in [0.25, 0.3) is 0 Å². The minimum absolute atomic E-state index is 0.0508. The second kappa shape index (κ2) is 9.75. The average Bonchev–Trinajstić information content (AvgIpc) is 3.07. The first kappa shape index (κ1) is 21.1. The lowest BCUT2D eigenvalue weighted by molar-refractivity contribution is 0.262. The second-order valence-corrected chi connectivity index (χ2v) is 7.87. The lowest BCUT2D eigenvalue weighted by atomic mass is 10.1. The van der Waals surface area contributed by atoms with Crippen molar-refractivity contribution >= 4 is 34.8 Å². The van der Waals surface area contributed by atoms with Crippen LogP contribution in [0.3, 0.4) is 0 Å². The number of nitrogens with zero attached hydrogens (tertiary/aromatic N) is 3. The van der Waals surface area contributed by atoms with E-state index in [1.54, 1.807) is 12.1 Å². The molecule has 1 aromatic heterocycles. The first-order chi connectivity index (χ1) is 15.1. The summed E-state index contributed by atoms with van der Waals surface area (Å²) in [6.45, 7) is 2.06. The summed E-state index contributed by atoms with van der Waals surface area (Å²) in [6.07, 6.45) is 4.94. The van der Waals surface area contributed by atoms with Gasteiger partial charge in [-0.3, -0.25) is 0 Å². The quantitative estimate of drug-likeness (QED) is 0.526. The number of aromatic nitrogens is 2. The molecular formula is C23H23ClFN5O. The molecule has 2 heterocycles. The van der Waals surface area contributed by atoms with Crippen LogP contribution in [0.4, 0.5) is 26.4 Å². The van der Waals surface area contributed by atoms with E-state index >= 15 is 0 Å². The van der Waals surface area contributed by atoms with E-state index in [1.165, 1.54) is 43.9 Å². The molecule has 3 aromatic rings. The third-order valence-corrected chi connectivity index (χ3v) is 5.49.